The van der Waals surface area contributed by atoms with Crippen LogP contribution in [-0.4, -0.2) is 29.3 Å². The Morgan fingerprint density at radius 1 is 1.19 bits per heavy atom. The minimum Gasteiger partial charge on any atom is -0.496 e. The number of carbonyl (C=O) groups is 1. The molecule has 0 aliphatic rings. The minimum atomic E-state index is -0.0958. The number of aromatic nitrogens is 2. The van der Waals surface area contributed by atoms with Gasteiger partial charge in [-0.05, 0) is 43.7 Å². The van der Waals surface area contributed by atoms with Crippen LogP contribution in [0.25, 0.3) is 11.1 Å². The molecular weight excluding hydrogens is 326 g/mol. The lowest BCUT2D eigenvalue weighted by Crippen LogP contribution is -2.34. The molecule has 0 radical (unpaired) electrons. The second-order valence-electron chi connectivity index (χ2n) is 6.40. The van der Waals surface area contributed by atoms with Gasteiger partial charge in [0.1, 0.15) is 5.75 Å². The van der Waals surface area contributed by atoms with Gasteiger partial charge in [-0.25, -0.2) is 0 Å². The first kappa shape index (κ1) is 17.7. The number of benzene rings is 2. The fraction of sp³-hybridized carbons (Fsp3) is 0.238. The van der Waals surface area contributed by atoms with Crippen molar-refractivity contribution in [1.82, 2.24) is 15.5 Å². The number of hydrogen-bond acceptors (Lipinski definition) is 3. The summed E-state index contributed by atoms with van der Waals surface area (Å²) in [5.41, 5.74) is 4.50. The largest absolute Gasteiger partial charge is 0.496 e. The number of methoxy groups -OCH3 is 1. The molecule has 0 spiro atoms. The molecule has 2 N–H and O–H groups in total. The van der Waals surface area contributed by atoms with Crippen LogP contribution in [-0.2, 0) is 6.42 Å². The number of H-pyrrole nitrogens is 1. The monoisotopic (exact) mass is 349 g/mol. The summed E-state index contributed by atoms with van der Waals surface area (Å²) in [5, 5.41) is 10.2. The smallest absolute Gasteiger partial charge is 0.251 e. The number of aromatic amines is 1. The van der Waals surface area contributed by atoms with Gasteiger partial charge >= 0.3 is 0 Å². The molecule has 1 aromatic heterocycles. The number of carbonyl (C=O) groups excluding carboxylic acids is 1. The van der Waals surface area contributed by atoms with Gasteiger partial charge in [0, 0.05) is 29.3 Å². The Labute approximate surface area is 153 Å². The molecule has 1 heterocycles. The summed E-state index contributed by atoms with van der Waals surface area (Å²) in [6.07, 6.45) is 0.683. The zero-order valence-electron chi connectivity index (χ0n) is 15.2. The van der Waals surface area contributed by atoms with Crippen molar-refractivity contribution in [2.45, 2.75) is 26.3 Å². The Morgan fingerprint density at radius 3 is 2.73 bits per heavy atom. The predicted octanol–water partition coefficient (Wildman–Crippen LogP) is 3.75. The van der Waals surface area contributed by atoms with Crippen molar-refractivity contribution >= 4 is 5.91 Å². The molecule has 0 fully saturated rings. The van der Waals surface area contributed by atoms with E-state index in [2.05, 4.69) is 15.5 Å². The van der Waals surface area contributed by atoms with E-state index in [9.17, 15) is 4.79 Å². The highest BCUT2D eigenvalue weighted by Crippen LogP contribution is 2.29. The van der Waals surface area contributed by atoms with Gasteiger partial charge < -0.3 is 10.1 Å². The Hall–Kier alpha value is -3.08. The van der Waals surface area contributed by atoms with Crippen molar-refractivity contribution < 1.29 is 9.53 Å². The zero-order chi connectivity index (χ0) is 18.5. The van der Waals surface area contributed by atoms with Gasteiger partial charge in [-0.1, -0.05) is 30.3 Å². The summed E-state index contributed by atoms with van der Waals surface area (Å²) < 4.78 is 5.42. The maximum Gasteiger partial charge on any atom is 0.251 e. The Morgan fingerprint density at radius 2 is 2.00 bits per heavy atom. The molecule has 5 nitrogen and oxygen atoms in total. The van der Waals surface area contributed by atoms with Crippen molar-refractivity contribution in [2.75, 3.05) is 7.11 Å². The summed E-state index contributed by atoms with van der Waals surface area (Å²) >= 11 is 0. The van der Waals surface area contributed by atoms with E-state index in [1.165, 1.54) is 0 Å². The Bertz CT molecular complexity index is 902. The van der Waals surface area contributed by atoms with E-state index in [1.54, 1.807) is 7.11 Å². The average molecular weight is 349 g/mol. The molecule has 0 aliphatic carbocycles. The number of para-hydroxylation sites is 1. The number of nitrogens with zero attached hydrogens (tertiary/aromatic N) is 1. The first-order valence-corrected chi connectivity index (χ1v) is 8.62. The van der Waals surface area contributed by atoms with E-state index in [4.69, 9.17) is 4.74 Å². The number of ether oxygens (including phenoxy) is 1. The van der Waals surface area contributed by atoms with Crippen LogP contribution in [0, 0.1) is 6.92 Å². The van der Waals surface area contributed by atoms with Crippen LogP contribution in [0.5, 0.6) is 5.75 Å². The highest BCUT2D eigenvalue weighted by atomic mass is 16.5. The second-order valence-corrected chi connectivity index (χ2v) is 6.40. The topological polar surface area (TPSA) is 67.0 Å². The number of rotatable bonds is 6. The summed E-state index contributed by atoms with van der Waals surface area (Å²) in [6.45, 7) is 3.94. The van der Waals surface area contributed by atoms with E-state index >= 15 is 0 Å². The molecule has 3 rings (SSSR count). The van der Waals surface area contributed by atoms with Gasteiger partial charge in [0.15, 0.2) is 0 Å². The highest BCUT2D eigenvalue weighted by molar-refractivity contribution is 5.95. The number of amides is 1. The number of nitrogens with one attached hydrogen (secondary N) is 2. The molecule has 0 aliphatic heterocycles. The van der Waals surface area contributed by atoms with Crippen LogP contribution in [0.3, 0.4) is 0 Å². The van der Waals surface area contributed by atoms with Crippen LogP contribution < -0.4 is 10.1 Å². The van der Waals surface area contributed by atoms with E-state index < -0.39 is 0 Å². The van der Waals surface area contributed by atoms with Crippen LogP contribution in [0.1, 0.15) is 28.7 Å². The average Bonchev–Trinajstić information content (AvgIpc) is 3.06. The fourth-order valence-corrected chi connectivity index (χ4v) is 2.96. The van der Waals surface area contributed by atoms with Crippen LogP contribution in [0.4, 0.5) is 0 Å². The molecule has 2 aromatic carbocycles. The number of aryl methyl sites for hydroxylation is 1. The lowest BCUT2D eigenvalue weighted by Gasteiger charge is -2.14. The zero-order valence-corrected chi connectivity index (χ0v) is 15.2. The second kappa shape index (κ2) is 7.87. The Balaban J connectivity index is 1.74. The van der Waals surface area contributed by atoms with Crippen molar-refractivity contribution in [2.24, 2.45) is 0 Å². The molecule has 1 atom stereocenters. The van der Waals surface area contributed by atoms with E-state index in [0.717, 1.165) is 28.3 Å². The van der Waals surface area contributed by atoms with Crippen molar-refractivity contribution in [3.63, 3.8) is 0 Å². The van der Waals surface area contributed by atoms with Crippen LogP contribution >= 0.6 is 0 Å². The number of hydrogen-bond donors (Lipinski definition) is 2. The van der Waals surface area contributed by atoms with Gasteiger partial charge in [0.2, 0.25) is 0 Å². The van der Waals surface area contributed by atoms with Crippen molar-refractivity contribution in [3.8, 4) is 16.9 Å². The maximum absolute atomic E-state index is 12.6. The third-order valence-electron chi connectivity index (χ3n) is 4.19. The molecule has 134 valence electrons. The quantitative estimate of drug-likeness (QED) is 0.712. The molecule has 5 heteroatoms. The summed E-state index contributed by atoms with van der Waals surface area (Å²) in [5.74, 6) is 0.689. The molecule has 0 bridgehead atoms. The molecule has 26 heavy (non-hydrogen) atoms. The first-order valence-electron chi connectivity index (χ1n) is 8.62. The van der Waals surface area contributed by atoms with Gasteiger partial charge in [-0.15, -0.1) is 0 Å². The van der Waals surface area contributed by atoms with Crippen molar-refractivity contribution in [1.29, 1.82) is 0 Å². The SMILES string of the molecule is COc1ccccc1-c1cccc(C(=O)N[C@H](C)Cc2cc(C)[nH]n2)c1. The van der Waals surface area contributed by atoms with Gasteiger partial charge in [-0.2, -0.15) is 5.10 Å². The molecule has 0 saturated carbocycles. The summed E-state index contributed by atoms with van der Waals surface area (Å²) in [6, 6.07) is 17.3. The minimum absolute atomic E-state index is 0.0138. The lowest BCUT2D eigenvalue weighted by molar-refractivity contribution is 0.0940. The molecule has 0 saturated heterocycles. The summed E-state index contributed by atoms with van der Waals surface area (Å²) in [4.78, 5) is 12.6. The predicted molar refractivity (Wildman–Crippen MR) is 102 cm³/mol. The van der Waals surface area contributed by atoms with Crippen LogP contribution in [0.2, 0.25) is 0 Å². The van der Waals surface area contributed by atoms with Gasteiger partial charge in [-0.3, -0.25) is 9.89 Å². The molecule has 3 aromatic rings. The van der Waals surface area contributed by atoms with Gasteiger partial charge in [0.25, 0.3) is 5.91 Å². The van der Waals surface area contributed by atoms with E-state index in [-0.39, 0.29) is 11.9 Å². The molecule has 0 unspecified atom stereocenters. The van der Waals surface area contributed by atoms with Gasteiger partial charge in [0.05, 0.1) is 12.8 Å². The Kier molecular flexibility index (Phi) is 5.37. The van der Waals surface area contributed by atoms with E-state index in [1.807, 2.05) is 68.4 Å². The third-order valence-corrected chi connectivity index (χ3v) is 4.19. The highest BCUT2D eigenvalue weighted by Gasteiger charge is 2.13. The van der Waals surface area contributed by atoms with Crippen LogP contribution in [0.15, 0.2) is 54.6 Å². The standard InChI is InChI=1S/C21H23N3O2/c1-14(11-18-12-15(2)23-24-18)22-21(25)17-8-6-7-16(13-17)19-9-4-5-10-20(19)26-3/h4-10,12-14H,11H2,1-3H3,(H,22,25)(H,23,24)/t14-/m1/s1. The normalized spacial score (nSPS) is 11.8. The lowest BCUT2D eigenvalue weighted by atomic mass is 10.0. The third kappa shape index (κ3) is 4.11. The van der Waals surface area contributed by atoms with Crippen molar-refractivity contribution in [3.05, 3.63) is 71.5 Å². The molecular formula is C21H23N3O2. The maximum atomic E-state index is 12.6. The first-order chi connectivity index (χ1) is 12.6. The molecule has 1 amide bonds. The fourth-order valence-electron chi connectivity index (χ4n) is 2.96. The summed E-state index contributed by atoms with van der Waals surface area (Å²) in [7, 11) is 1.65. The van der Waals surface area contributed by atoms with E-state index in [0.29, 0.717) is 12.0 Å².